The highest BCUT2D eigenvalue weighted by atomic mass is 32.2. The summed E-state index contributed by atoms with van der Waals surface area (Å²) >= 11 is 0. The molecule has 12 nitrogen and oxygen atoms in total. The van der Waals surface area contributed by atoms with Crippen LogP contribution in [0, 0.1) is 23.2 Å². The van der Waals surface area contributed by atoms with Gasteiger partial charge in [0.1, 0.15) is 5.56 Å². The summed E-state index contributed by atoms with van der Waals surface area (Å²) in [5, 5.41) is 12.0. The summed E-state index contributed by atoms with van der Waals surface area (Å²) < 4.78 is 34.3. The third-order valence-corrected chi connectivity index (χ3v) is 8.93. The van der Waals surface area contributed by atoms with Crippen molar-refractivity contribution in [3.63, 3.8) is 0 Å². The van der Waals surface area contributed by atoms with Gasteiger partial charge < -0.3 is 15.8 Å². The van der Waals surface area contributed by atoms with Gasteiger partial charge in [0.2, 0.25) is 10.0 Å². The highest BCUT2D eigenvalue weighted by molar-refractivity contribution is 7.88. The number of rotatable bonds is 9. The smallest absolute Gasteiger partial charge is 0.404 e. The number of hydrogen-bond donors (Lipinski definition) is 3. The van der Waals surface area contributed by atoms with Crippen molar-refractivity contribution in [2.45, 2.75) is 57.5 Å². The Bertz CT molecular complexity index is 1330. The largest absolute Gasteiger partial charge is 0.449 e. The van der Waals surface area contributed by atoms with E-state index in [1.165, 1.54) is 10.9 Å². The van der Waals surface area contributed by atoms with E-state index in [2.05, 4.69) is 20.2 Å². The van der Waals surface area contributed by atoms with E-state index in [0.717, 1.165) is 38.4 Å². The predicted octanol–water partition coefficient (Wildman–Crippen LogP) is 1.89. The van der Waals surface area contributed by atoms with E-state index in [1.807, 2.05) is 0 Å². The Morgan fingerprint density at radius 1 is 1.24 bits per heavy atom. The molecule has 4 saturated carbocycles. The Balaban J connectivity index is 1.37. The topological polar surface area (TPSA) is 163 Å². The fourth-order valence-electron chi connectivity index (χ4n) is 7.07. The number of hydrogen-bond acceptors (Lipinski definition) is 7. The van der Waals surface area contributed by atoms with Crippen LogP contribution >= 0.6 is 0 Å². The first-order valence-corrected chi connectivity index (χ1v) is 14.7. The van der Waals surface area contributed by atoms with Crippen LogP contribution in [0.5, 0.6) is 0 Å². The van der Waals surface area contributed by atoms with Crippen LogP contribution in [-0.4, -0.2) is 64.4 Å². The molecule has 2 heterocycles. The molecule has 6 rings (SSSR count). The lowest BCUT2D eigenvalue weighted by Crippen LogP contribution is -2.60. The summed E-state index contributed by atoms with van der Waals surface area (Å²) in [6.45, 7) is 3.80. The molecule has 0 spiro atoms. The van der Waals surface area contributed by atoms with Gasteiger partial charge in [0.05, 0.1) is 19.1 Å². The number of nitrogens with zero attached hydrogens (tertiary/aromatic N) is 4. The molecule has 4 bridgehead atoms. The summed E-state index contributed by atoms with van der Waals surface area (Å²) in [7, 11) is -3.43. The number of primary amides is 1. The lowest BCUT2D eigenvalue weighted by Gasteiger charge is -2.59. The van der Waals surface area contributed by atoms with Crippen molar-refractivity contribution < 1.29 is 22.7 Å². The average Bonchev–Trinajstić information content (AvgIpc) is 3.46. The number of ether oxygens (including phenoxy) is 1. The molecular formula is C25H35N7O5S. The van der Waals surface area contributed by atoms with Crippen LogP contribution in [0.25, 0.3) is 12.0 Å². The number of nitrogens with one attached hydrogen (secondary N) is 2. The molecule has 4 fully saturated rings. The molecule has 0 aliphatic heterocycles. The van der Waals surface area contributed by atoms with Gasteiger partial charge in [0.15, 0.2) is 5.82 Å². The summed E-state index contributed by atoms with van der Waals surface area (Å²) in [6, 6.07) is 1.78. The molecule has 38 heavy (non-hydrogen) atoms. The third kappa shape index (κ3) is 5.48. The minimum Gasteiger partial charge on any atom is -0.449 e. The van der Waals surface area contributed by atoms with Gasteiger partial charge in [-0.2, -0.15) is 10.2 Å². The third-order valence-electron chi connectivity index (χ3n) is 8.03. The van der Waals surface area contributed by atoms with Crippen molar-refractivity contribution in [1.82, 2.24) is 29.6 Å². The number of carbonyl (C=O) groups excluding carboxylic acids is 2. The molecule has 2 aromatic heterocycles. The Labute approximate surface area is 222 Å². The molecule has 4 aliphatic carbocycles. The van der Waals surface area contributed by atoms with Crippen LogP contribution in [0.15, 0.2) is 30.7 Å². The van der Waals surface area contributed by atoms with Crippen LogP contribution < -0.4 is 15.8 Å². The van der Waals surface area contributed by atoms with Crippen molar-refractivity contribution in [3.05, 3.63) is 36.3 Å². The van der Waals surface area contributed by atoms with E-state index in [9.17, 15) is 18.0 Å². The summed E-state index contributed by atoms with van der Waals surface area (Å²) in [4.78, 5) is 24.9. The maximum absolute atomic E-state index is 13.6. The van der Waals surface area contributed by atoms with Crippen molar-refractivity contribution in [2.75, 3.05) is 12.9 Å². The van der Waals surface area contributed by atoms with Gasteiger partial charge in [-0.25, -0.2) is 27.3 Å². The number of nitrogens with two attached hydrogens (primary N) is 1. The predicted molar refractivity (Wildman–Crippen MR) is 140 cm³/mol. The minimum absolute atomic E-state index is 0.0306. The Hall–Kier alpha value is -3.19. The molecule has 0 aromatic carbocycles. The van der Waals surface area contributed by atoms with E-state index in [4.69, 9.17) is 10.5 Å². The standard InChI is InChI=1S/C25H35N7O5S/c1-24(2,30-38(3,35)36)5-8-32-22(31-7-4-6-27-31)19(14-28-32)21(33)29-20-17-9-16-10-18(20)13-25(11-16,12-17)15-37-23(26)34/h4-8,14,16-18,20,30H,9-13,15H2,1-3H3,(H2,26,34)(H,29,33)/b8-5+. The molecule has 2 amide bonds. The molecule has 2 unspecified atom stereocenters. The SMILES string of the molecule is CC(C)(/C=C/n1ncc(C(=O)NC2C3CC4CC2CC(COC(N)=O)(C4)C3)c1-n1cccn1)NS(C)(=O)=O. The summed E-state index contributed by atoms with van der Waals surface area (Å²) in [6.07, 6.45) is 13.4. The molecule has 13 heteroatoms. The van der Waals surface area contributed by atoms with E-state index in [1.54, 1.807) is 49.3 Å². The molecule has 206 valence electrons. The second kappa shape index (κ2) is 9.53. The normalized spacial score (nSPS) is 28.6. The zero-order chi connectivity index (χ0) is 27.3. The Morgan fingerprint density at radius 3 is 2.55 bits per heavy atom. The van der Waals surface area contributed by atoms with Crippen LogP contribution in [0.3, 0.4) is 0 Å². The van der Waals surface area contributed by atoms with Gasteiger partial charge in [0, 0.05) is 35.6 Å². The number of aromatic nitrogens is 4. The first-order chi connectivity index (χ1) is 17.8. The molecule has 4 aliphatic rings. The van der Waals surface area contributed by atoms with Crippen LogP contribution in [0.1, 0.15) is 56.3 Å². The quantitative estimate of drug-likeness (QED) is 0.433. The zero-order valence-electron chi connectivity index (χ0n) is 21.8. The number of sulfonamides is 1. The maximum atomic E-state index is 13.6. The van der Waals surface area contributed by atoms with Crippen LogP contribution in [-0.2, 0) is 14.8 Å². The lowest BCUT2D eigenvalue weighted by molar-refractivity contribution is -0.0977. The summed E-state index contributed by atoms with van der Waals surface area (Å²) in [5.74, 6) is 1.42. The van der Waals surface area contributed by atoms with Gasteiger partial charge in [-0.05, 0) is 75.8 Å². The number of carbonyl (C=O) groups is 2. The molecule has 2 atom stereocenters. The average molecular weight is 546 g/mol. The van der Waals surface area contributed by atoms with Gasteiger partial charge >= 0.3 is 6.09 Å². The van der Waals surface area contributed by atoms with Crippen molar-refractivity contribution >= 4 is 28.2 Å². The van der Waals surface area contributed by atoms with Gasteiger partial charge in [-0.1, -0.05) is 0 Å². The van der Waals surface area contributed by atoms with E-state index in [0.29, 0.717) is 35.7 Å². The van der Waals surface area contributed by atoms with E-state index < -0.39 is 21.7 Å². The van der Waals surface area contributed by atoms with Gasteiger partial charge in [0.25, 0.3) is 5.91 Å². The van der Waals surface area contributed by atoms with E-state index in [-0.39, 0.29) is 17.4 Å². The second-order valence-electron chi connectivity index (χ2n) is 11.8. The Kier molecular flexibility index (Phi) is 6.62. The molecule has 0 saturated heterocycles. The van der Waals surface area contributed by atoms with Crippen LogP contribution in [0.4, 0.5) is 4.79 Å². The monoisotopic (exact) mass is 545 g/mol. The first-order valence-electron chi connectivity index (χ1n) is 12.8. The molecule has 4 N–H and O–H groups in total. The Morgan fingerprint density at radius 2 is 1.95 bits per heavy atom. The second-order valence-corrected chi connectivity index (χ2v) is 13.5. The molecule has 0 radical (unpaired) electrons. The highest BCUT2D eigenvalue weighted by Gasteiger charge is 2.56. The fourth-order valence-corrected chi connectivity index (χ4v) is 8.10. The fraction of sp³-hybridized carbons (Fsp3) is 0.600. The zero-order valence-corrected chi connectivity index (χ0v) is 22.6. The lowest BCUT2D eigenvalue weighted by atomic mass is 9.48. The van der Waals surface area contributed by atoms with E-state index >= 15 is 0 Å². The number of amides is 2. The highest BCUT2D eigenvalue weighted by Crippen LogP contribution is 2.60. The first kappa shape index (κ1) is 26.4. The molecule has 2 aromatic rings. The van der Waals surface area contributed by atoms with Gasteiger partial charge in [-0.15, -0.1) is 0 Å². The van der Waals surface area contributed by atoms with Crippen molar-refractivity contribution in [3.8, 4) is 5.82 Å². The molecular weight excluding hydrogens is 510 g/mol. The maximum Gasteiger partial charge on any atom is 0.404 e. The summed E-state index contributed by atoms with van der Waals surface area (Å²) in [5.41, 5.74) is 4.68. The van der Waals surface area contributed by atoms with Crippen molar-refractivity contribution in [2.24, 2.45) is 28.9 Å². The van der Waals surface area contributed by atoms with Crippen molar-refractivity contribution in [1.29, 1.82) is 0 Å². The minimum atomic E-state index is -3.43. The van der Waals surface area contributed by atoms with Crippen LogP contribution in [0.2, 0.25) is 0 Å². The van der Waals surface area contributed by atoms with Gasteiger partial charge in [-0.3, -0.25) is 4.79 Å².